The van der Waals surface area contributed by atoms with Crippen LogP contribution in [0.1, 0.15) is 33.1 Å². The van der Waals surface area contributed by atoms with Crippen LogP contribution in [-0.2, 0) is 19.1 Å². The Bertz CT molecular complexity index is 701. The van der Waals surface area contributed by atoms with Crippen LogP contribution < -0.4 is 0 Å². The molecule has 1 aliphatic heterocycles. The molecule has 1 N–H and O–H groups in total. The molecule has 24 heavy (non-hydrogen) atoms. The minimum absolute atomic E-state index is 0.0554. The van der Waals surface area contributed by atoms with Gasteiger partial charge in [0.2, 0.25) is 0 Å². The third-order valence-electron chi connectivity index (χ3n) is 6.40. The SMILES string of the molecule is C=C(C)[C@H]1CC(=O)C[C@@H]2C(=O)[C@H]3[C@H]4C(=C[C@H]12)C(=O)O[C@H]4C[C@@]3(C)O. The Labute approximate surface area is 140 Å². The van der Waals surface area contributed by atoms with Gasteiger partial charge in [-0.15, -0.1) is 0 Å². The van der Waals surface area contributed by atoms with E-state index in [4.69, 9.17) is 4.74 Å². The first-order valence-electron chi connectivity index (χ1n) is 8.56. The second-order valence-corrected chi connectivity index (χ2v) is 8.12. The van der Waals surface area contributed by atoms with Crippen molar-refractivity contribution in [2.75, 3.05) is 0 Å². The highest BCUT2D eigenvalue weighted by Crippen LogP contribution is 2.55. The zero-order chi connectivity index (χ0) is 17.4. The Morgan fingerprint density at radius 3 is 2.71 bits per heavy atom. The first-order valence-corrected chi connectivity index (χ1v) is 8.56. The average Bonchev–Trinajstić information content (AvgIpc) is 2.83. The lowest BCUT2D eigenvalue weighted by Gasteiger charge is -2.37. The maximum Gasteiger partial charge on any atom is 0.334 e. The van der Waals surface area contributed by atoms with Gasteiger partial charge in [-0.2, -0.15) is 0 Å². The van der Waals surface area contributed by atoms with Gasteiger partial charge < -0.3 is 9.84 Å². The zero-order valence-electron chi connectivity index (χ0n) is 14.0. The van der Waals surface area contributed by atoms with Gasteiger partial charge in [-0.05, 0) is 25.7 Å². The van der Waals surface area contributed by atoms with Crippen molar-refractivity contribution in [3.63, 3.8) is 0 Å². The lowest BCUT2D eigenvalue weighted by molar-refractivity contribution is -0.141. The van der Waals surface area contributed by atoms with Crippen LogP contribution in [0.25, 0.3) is 0 Å². The highest BCUT2D eigenvalue weighted by atomic mass is 16.6. The first kappa shape index (κ1) is 15.8. The number of carbonyl (C=O) groups excluding carboxylic acids is 3. The molecule has 0 aromatic carbocycles. The average molecular weight is 330 g/mol. The number of aliphatic hydroxyl groups is 1. The van der Waals surface area contributed by atoms with Crippen molar-refractivity contribution >= 4 is 17.5 Å². The summed E-state index contributed by atoms with van der Waals surface area (Å²) >= 11 is 0. The topological polar surface area (TPSA) is 80.7 Å². The molecule has 0 aromatic heterocycles. The monoisotopic (exact) mass is 330 g/mol. The van der Waals surface area contributed by atoms with Gasteiger partial charge in [-0.1, -0.05) is 18.2 Å². The molecule has 0 unspecified atom stereocenters. The minimum Gasteiger partial charge on any atom is -0.458 e. The van der Waals surface area contributed by atoms with Crippen LogP contribution in [0.5, 0.6) is 0 Å². The van der Waals surface area contributed by atoms with Gasteiger partial charge in [0.1, 0.15) is 17.7 Å². The number of fused-ring (bicyclic) bond motifs is 1. The van der Waals surface area contributed by atoms with Crippen molar-refractivity contribution in [3.05, 3.63) is 23.8 Å². The molecule has 7 atom stereocenters. The van der Waals surface area contributed by atoms with Gasteiger partial charge in [0, 0.05) is 36.7 Å². The van der Waals surface area contributed by atoms with Crippen LogP contribution in [0.2, 0.25) is 0 Å². The number of hydrogen-bond donors (Lipinski definition) is 1. The van der Waals surface area contributed by atoms with Crippen molar-refractivity contribution in [2.45, 2.75) is 44.8 Å². The molecule has 0 spiro atoms. The number of esters is 1. The summed E-state index contributed by atoms with van der Waals surface area (Å²) in [5.74, 6) is -2.30. The molecule has 2 saturated carbocycles. The highest BCUT2D eigenvalue weighted by molar-refractivity contribution is 5.98. The third kappa shape index (κ3) is 2.00. The number of allylic oxidation sites excluding steroid dienone is 2. The fraction of sp³-hybridized carbons (Fsp3) is 0.632. The highest BCUT2D eigenvalue weighted by Gasteiger charge is 2.63. The lowest BCUT2D eigenvalue weighted by atomic mass is 9.66. The summed E-state index contributed by atoms with van der Waals surface area (Å²) in [4.78, 5) is 37.8. The van der Waals surface area contributed by atoms with Crippen molar-refractivity contribution in [1.29, 1.82) is 0 Å². The second kappa shape index (κ2) is 4.88. The Balaban J connectivity index is 1.87. The summed E-state index contributed by atoms with van der Waals surface area (Å²) in [7, 11) is 0. The van der Waals surface area contributed by atoms with Crippen molar-refractivity contribution in [1.82, 2.24) is 0 Å². The predicted octanol–water partition coefficient (Wildman–Crippen LogP) is 1.60. The van der Waals surface area contributed by atoms with Gasteiger partial charge in [0.25, 0.3) is 0 Å². The quantitative estimate of drug-likeness (QED) is 0.583. The number of rotatable bonds is 1. The van der Waals surface area contributed by atoms with Gasteiger partial charge in [-0.25, -0.2) is 4.79 Å². The molecule has 1 saturated heterocycles. The van der Waals surface area contributed by atoms with Gasteiger partial charge in [0.15, 0.2) is 0 Å². The van der Waals surface area contributed by atoms with E-state index in [1.54, 1.807) is 6.92 Å². The first-order chi connectivity index (χ1) is 11.2. The fourth-order valence-electron chi connectivity index (χ4n) is 5.35. The molecule has 4 rings (SSSR count). The fourth-order valence-corrected chi connectivity index (χ4v) is 5.35. The molecule has 5 nitrogen and oxygen atoms in total. The van der Waals surface area contributed by atoms with E-state index in [-0.39, 0.29) is 48.1 Å². The standard InChI is InChI=1S/C19H22O5/c1-8(2)10-4-9(20)5-12-11(10)6-13-15-14(24-18(13)22)7-19(3,23)16(15)17(12)21/h6,10-12,14-16,23H,1,4-5,7H2,2-3H3/t10-,11-,12+,14+,15+,16-,19-/m1/s1. The number of ether oxygens (including phenoxy) is 1. The summed E-state index contributed by atoms with van der Waals surface area (Å²) in [5, 5.41) is 10.8. The van der Waals surface area contributed by atoms with E-state index in [0.29, 0.717) is 12.0 Å². The summed E-state index contributed by atoms with van der Waals surface area (Å²) in [6, 6.07) is 0. The summed E-state index contributed by atoms with van der Waals surface area (Å²) in [5.41, 5.74) is 0.161. The number of carbonyl (C=O) groups is 3. The normalized spacial score (nSPS) is 46.8. The van der Waals surface area contributed by atoms with Crippen LogP contribution >= 0.6 is 0 Å². The molecule has 5 heteroatoms. The molecule has 0 amide bonds. The van der Waals surface area contributed by atoms with Crippen molar-refractivity contribution in [2.24, 2.45) is 29.6 Å². The predicted molar refractivity (Wildman–Crippen MR) is 84.7 cm³/mol. The smallest absolute Gasteiger partial charge is 0.334 e. The van der Waals surface area contributed by atoms with Crippen LogP contribution in [0.3, 0.4) is 0 Å². The van der Waals surface area contributed by atoms with Gasteiger partial charge in [-0.3, -0.25) is 9.59 Å². The summed E-state index contributed by atoms with van der Waals surface area (Å²) in [6.45, 7) is 7.48. The van der Waals surface area contributed by atoms with Gasteiger partial charge in [0.05, 0.1) is 11.5 Å². The van der Waals surface area contributed by atoms with E-state index < -0.39 is 23.5 Å². The largest absolute Gasteiger partial charge is 0.458 e. The Kier molecular flexibility index (Phi) is 3.21. The zero-order valence-corrected chi connectivity index (χ0v) is 14.0. The Hall–Kier alpha value is -1.75. The van der Waals surface area contributed by atoms with Crippen LogP contribution in [0.15, 0.2) is 23.8 Å². The van der Waals surface area contributed by atoms with E-state index in [1.165, 1.54) is 0 Å². The molecule has 0 bridgehead atoms. The molecule has 3 fully saturated rings. The van der Waals surface area contributed by atoms with E-state index >= 15 is 0 Å². The van der Waals surface area contributed by atoms with E-state index in [9.17, 15) is 19.5 Å². The summed E-state index contributed by atoms with van der Waals surface area (Å²) in [6.07, 6.45) is 2.25. The number of hydrogen-bond acceptors (Lipinski definition) is 5. The molecule has 128 valence electrons. The van der Waals surface area contributed by atoms with Crippen LogP contribution in [-0.4, -0.2) is 34.3 Å². The number of ketones is 2. The Morgan fingerprint density at radius 2 is 2.04 bits per heavy atom. The molecular weight excluding hydrogens is 308 g/mol. The number of Topliss-reactive ketones (excluding diaryl/α,β-unsaturated/α-hetero) is 2. The van der Waals surface area contributed by atoms with E-state index in [1.807, 2.05) is 13.0 Å². The van der Waals surface area contributed by atoms with E-state index in [2.05, 4.69) is 6.58 Å². The maximum atomic E-state index is 13.3. The maximum absolute atomic E-state index is 13.3. The molecule has 0 aromatic rings. The Morgan fingerprint density at radius 1 is 1.33 bits per heavy atom. The molecule has 1 heterocycles. The molecule has 0 radical (unpaired) electrons. The van der Waals surface area contributed by atoms with Gasteiger partial charge >= 0.3 is 5.97 Å². The molecule has 3 aliphatic carbocycles. The molecule has 4 aliphatic rings. The third-order valence-corrected chi connectivity index (χ3v) is 6.40. The lowest BCUT2D eigenvalue weighted by Crippen LogP contribution is -2.44. The minimum atomic E-state index is -1.21. The van der Waals surface area contributed by atoms with Crippen LogP contribution in [0, 0.1) is 29.6 Å². The summed E-state index contributed by atoms with van der Waals surface area (Å²) < 4.78 is 5.43. The van der Waals surface area contributed by atoms with Crippen molar-refractivity contribution < 1.29 is 24.2 Å². The second-order valence-electron chi connectivity index (χ2n) is 8.12. The van der Waals surface area contributed by atoms with Crippen LogP contribution in [0.4, 0.5) is 0 Å². The molecular formula is C19H22O5. The van der Waals surface area contributed by atoms with E-state index in [0.717, 1.165) is 5.57 Å². The van der Waals surface area contributed by atoms with Crippen molar-refractivity contribution in [3.8, 4) is 0 Å².